The fourth-order valence-corrected chi connectivity index (χ4v) is 1.24. The van der Waals surface area contributed by atoms with E-state index in [2.05, 4.69) is 36.2 Å². The molecule has 68 valence electrons. The van der Waals surface area contributed by atoms with Crippen LogP contribution in [-0.4, -0.2) is 7.05 Å². The van der Waals surface area contributed by atoms with E-state index < -0.39 is 0 Å². The van der Waals surface area contributed by atoms with E-state index in [1.807, 2.05) is 26.1 Å². The lowest BCUT2D eigenvalue weighted by atomic mass is 10.1. The summed E-state index contributed by atoms with van der Waals surface area (Å²) >= 11 is 0. The molecule has 1 aromatic rings. The van der Waals surface area contributed by atoms with Crippen LogP contribution >= 0.6 is 0 Å². The normalized spacial score (nSPS) is 10.3. The summed E-state index contributed by atoms with van der Waals surface area (Å²) in [5.74, 6) is 0. The SMILES string of the molecule is C=Cc1cc(NC)ccc1/C=C\C. The van der Waals surface area contributed by atoms with Gasteiger partial charge in [-0.1, -0.05) is 30.9 Å². The maximum atomic E-state index is 3.79. The molecule has 0 aromatic heterocycles. The summed E-state index contributed by atoms with van der Waals surface area (Å²) in [4.78, 5) is 0. The van der Waals surface area contributed by atoms with Crippen molar-refractivity contribution in [3.8, 4) is 0 Å². The molecule has 13 heavy (non-hydrogen) atoms. The summed E-state index contributed by atoms with van der Waals surface area (Å²) in [6, 6.07) is 6.23. The Morgan fingerprint density at radius 3 is 2.62 bits per heavy atom. The van der Waals surface area contributed by atoms with Gasteiger partial charge in [-0.25, -0.2) is 0 Å². The van der Waals surface area contributed by atoms with Gasteiger partial charge in [0, 0.05) is 12.7 Å². The summed E-state index contributed by atoms with van der Waals surface area (Å²) in [7, 11) is 1.91. The van der Waals surface area contributed by atoms with Crippen molar-refractivity contribution in [3.63, 3.8) is 0 Å². The van der Waals surface area contributed by atoms with Crippen LogP contribution in [0.2, 0.25) is 0 Å². The van der Waals surface area contributed by atoms with Crippen molar-refractivity contribution >= 4 is 17.8 Å². The Balaban J connectivity index is 3.15. The second-order valence-electron chi connectivity index (χ2n) is 2.80. The summed E-state index contributed by atoms with van der Waals surface area (Å²) in [6.07, 6.45) is 5.98. The largest absolute Gasteiger partial charge is 0.388 e. The number of allylic oxidation sites excluding steroid dienone is 1. The third-order valence-corrected chi connectivity index (χ3v) is 1.94. The first-order valence-electron chi connectivity index (χ1n) is 4.38. The lowest BCUT2D eigenvalue weighted by Crippen LogP contribution is -1.89. The Hall–Kier alpha value is -1.50. The molecule has 1 aromatic carbocycles. The maximum Gasteiger partial charge on any atom is 0.0343 e. The molecular formula is C12H15N. The van der Waals surface area contributed by atoms with Crippen molar-refractivity contribution in [3.05, 3.63) is 42.0 Å². The van der Waals surface area contributed by atoms with Gasteiger partial charge in [-0.3, -0.25) is 0 Å². The van der Waals surface area contributed by atoms with Gasteiger partial charge in [-0.05, 0) is 30.2 Å². The van der Waals surface area contributed by atoms with Gasteiger partial charge in [0.1, 0.15) is 0 Å². The molecule has 0 heterocycles. The molecule has 0 aliphatic carbocycles. The molecule has 0 saturated heterocycles. The van der Waals surface area contributed by atoms with Gasteiger partial charge in [0.15, 0.2) is 0 Å². The first kappa shape index (κ1) is 9.59. The quantitative estimate of drug-likeness (QED) is 0.738. The smallest absolute Gasteiger partial charge is 0.0343 e. The van der Waals surface area contributed by atoms with Gasteiger partial charge >= 0.3 is 0 Å². The second kappa shape index (κ2) is 4.51. The zero-order chi connectivity index (χ0) is 9.68. The van der Waals surface area contributed by atoms with E-state index in [1.165, 1.54) is 5.56 Å². The van der Waals surface area contributed by atoms with Gasteiger partial charge < -0.3 is 5.32 Å². The molecule has 0 amide bonds. The molecule has 1 N–H and O–H groups in total. The lowest BCUT2D eigenvalue weighted by Gasteiger charge is -2.04. The molecule has 0 aliphatic rings. The molecule has 1 rings (SSSR count). The van der Waals surface area contributed by atoms with Crippen LogP contribution in [0.15, 0.2) is 30.9 Å². The van der Waals surface area contributed by atoms with Crippen molar-refractivity contribution in [2.45, 2.75) is 6.92 Å². The molecule has 0 radical (unpaired) electrons. The molecular weight excluding hydrogens is 158 g/mol. The van der Waals surface area contributed by atoms with E-state index in [-0.39, 0.29) is 0 Å². The van der Waals surface area contributed by atoms with Crippen molar-refractivity contribution < 1.29 is 0 Å². The highest BCUT2D eigenvalue weighted by molar-refractivity contribution is 5.68. The van der Waals surface area contributed by atoms with Crippen molar-refractivity contribution in [2.75, 3.05) is 12.4 Å². The van der Waals surface area contributed by atoms with Crippen LogP contribution in [0.5, 0.6) is 0 Å². The second-order valence-corrected chi connectivity index (χ2v) is 2.80. The van der Waals surface area contributed by atoms with Gasteiger partial charge in [0.05, 0.1) is 0 Å². The van der Waals surface area contributed by atoms with E-state index in [0.29, 0.717) is 0 Å². The number of hydrogen-bond donors (Lipinski definition) is 1. The van der Waals surface area contributed by atoms with Crippen molar-refractivity contribution in [2.24, 2.45) is 0 Å². The number of rotatable bonds is 3. The maximum absolute atomic E-state index is 3.79. The highest BCUT2D eigenvalue weighted by Crippen LogP contribution is 2.17. The van der Waals surface area contributed by atoms with E-state index >= 15 is 0 Å². The van der Waals surface area contributed by atoms with Crippen LogP contribution in [-0.2, 0) is 0 Å². The minimum Gasteiger partial charge on any atom is -0.388 e. The minimum atomic E-state index is 1.11. The summed E-state index contributed by atoms with van der Waals surface area (Å²) in [5, 5.41) is 3.10. The Bertz CT molecular complexity index is 324. The zero-order valence-corrected chi connectivity index (χ0v) is 8.17. The Morgan fingerprint density at radius 2 is 2.08 bits per heavy atom. The topological polar surface area (TPSA) is 12.0 Å². The number of nitrogens with one attached hydrogen (secondary N) is 1. The van der Waals surface area contributed by atoms with Gasteiger partial charge in [-0.15, -0.1) is 0 Å². The van der Waals surface area contributed by atoms with E-state index in [1.54, 1.807) is 0 Å². The van der Waals surface area contributed by atoms with Crippen molar-refractivity contribution in [1.29, 1.82) is 0 Å². The zero-order valence-electron chi connectivity index (χ0n) is 8.17. The molecule has 0 unspecified atom stereocenters. The fourth-order valence-electron chi connectivity index (χ4n) is 1.24. The third-order valence-electron chi connectivity index (χ3n) is 1.94. The Labute approximate surface area is 79.8 Å². The molecule has 0 spiro atoms. The highest BCUT2D eigenvalue weighted by Gasteiger charge is 1.96. The number of anilines is 1. The molecule has 0 saturated carbocycles. The molecule has 1 nitrogen and oxygen atoms in total. The summed E-state index contributed by atoms with van der Waals surface area (Å²) in [6.45, 7) is 5.80. The van der Waals surface area contributed by atoms with Crippen LogP contribution in [0.25, 0.3) is 12.2 Å². The molecule has 0 aliphatic heterocycles. The average Bonchev–Trinajstić information content (AvgIpc) is 2.19. The summed E-state index contributed by atoms with van der Waals surface area (Å²) in [5.41, 5.74) is 3.48. The predicted octanol–water partition coefficient (Wildman–Crippen LogP) is 3.40. The monoisotopic (exact) mass is 173 g/mol. The van der Waals surface area contributed by atoms with Crippen molar-refractivity contribution in [1.82, 2.24) is 0 Å². The minimum absolute atomic E-state index is 1.11. The van der Waals surface area contributed by atoms with E-state index in [0.717, 1.165) is 11.3 Å². The van der Waals surface area contributed by atoms with Crippen LogP contribution in [0.4, 0.5) is 5.69 Å². The number of benzene rings is 1. The third kappa shape index (κ3) is 2.22. The average molecular weight is 173 g/mol. The Morgan fingerprint density at radius 1 is 1.31 bits per heavy atom. The highest BCUT2D eigenvalue weighted by atomic mass is 14.8. The van der Waals surface area contributed by atoms with Gasteiger partial charge in [0.25, 0.3) is 0 Å². The molecule has 1 heteroatoms. The fraction of sp³-hybridized carbons (Fsp3) is 0.167. The molecule has 0 fully saturated rings. The summed E-state index contributed by atoms with van der Waals surface area (Å²) < 4.78 is 0. The van der Waals surface area contributed by atoms with E-state index in [4.69, 9.17) is 0 Å². The van der Waals surface area contributed by atoms with E-state index in [9.17, 15) is 0 Å². The van der Waals surface area contributed by atoms with Crippen LogP contribution in [0.1, 0.15) is 18.1 Å². The van der Waals surface area contributed by atoms with Crippen LogP contribution < -0.4 is 5.32 Å². The molecule has 0 bridgehead atoms. The predicted molar refractivity (Wildman–Crippen MR) is 60.8 cm³/mol. The molecule has 0 atom stereocenters. The lowest BCUT2D eigenvalue weighted by molar-refractivity contribution is 1.49. The first-order chi connectivity index (χ1) is 6.31. The Kier molecular flexibility index (Phi) is 3.32. The number of hydrogen-bond acceptors (Lipinski definition) is 1. The van der Waals surface area contributed by atoms with Gasteiger partial charge in [0.2, 0.25) is 0 Å². The van der Waals surface area contributed by atoms with Crippen LogP contribution in [0, 0.1) is 0 Å². The standard InChI is InChI=1S/C12H15N/c1-4-6-11-7-8-12(13-3)9-10(11)5-2/h4-9,13H,2H2,1,3H3/b6-4-. The van der Waals surface area contributed by atoms with Crippen LogP contribution in [0.3, 0.4) is 0 Å². The first-order valence-corrected chi connectivity index (χ1v) is 4.38. The van der Waals surface area contributed by atoms with Gasteiger partial charge in [-0.2, -0.15) is 0 Å².